The SMILES string of the molecule is CC.CCN1CCC(CCCOC2CN(C)C2)CC1. The van der Waals surface area contributed by atoms with Gasteiger partial charge in [0, 0.05) is 19.7 Å². The van der Waals surface area contributed by atoms with Crippen molar-refractivity contribution in [3.05, 3.63) is 0 Å². The zero-order valence-electron chi connectivity index (χ0n) is 13.5. The van der Waals surface area contributed by atoms with Gasteiger partial charge in [0.25, 0.3) is 0 Å². The summed E-state index contributed by atoms with van der Waals surface area (Å²) in [5, 5.41) is 0. The Hall–Kier alpha value is -0.120. The number of hydrogen-bond acceptors (Lipinski definition) is 3. The van der Waals surface area contributed by atoms with Crippen molar-refractivity contribution in [1.29, 1.82) is 0 Å². The maximum atomic E-state index is 5.83. The lowest BCUT2D eigenvalue weighted by molar-refractivity contribution is -0.0452. The van der Waals surface area contributed by atoms with Gasteiger partial charge in [0.2, 0.25) is 0 Å². The maximum absolute atomic E-state index is 5.83. The zero-order valence-corrected chi connectivity index (χ0v) is 13.5. The molecule has 2 aliphatic heterocycles. The molecule has 2 fully saturated rings. The van der Waals surface area contributed by atoms with Crippen LogP contribution in [0.1, 0.15) is 46.5 Å². The fourth-order valence-electron chi connectivity index (χ4n) is 2.96. The van der Waals surface area contributed by atoms with Gasteiger partial charge < -0.3 is 14.5 Å². The second-order valence-corrected chi connectivity index (χ2v) is 5.73. The van der Waals surface area contributed by atoms with Gasteiger partial charge in [0.15, 0.2) is 0 Å². The number of ether oxygens (including phenoxy) is 1. The highest BCUT2D eigenvalue weighted by atomic mass is 16.5. The van der Waals surface area contributed by atoms with Crippen LogP contribution in [0.3, 0.4) is 0 Å². The molecule has 19 heavy (non-hydrogen) atoms. The summed E-state index contributed by atoms with van der Waals surface area (Å²) in [6, 6.07) is 0. The van der Waals surface area contributed by atoms with Crippen LogP contribution in [0, 0.1) is 5.92 Å². The number of nitrogens with zero attached hydrogens (tertiary/aromatic N) is 2. The third-order valence-electron chi connectivity index (χ3n) is 4.30. The standard InChI is InChI=1S/C14H28N2O.C2H6/c1-3-16-8-6-13(7-9-16)5-4-10-17-14-11-15(2)12-14;1-2/h13-14H,3-12H2,1-2H3;1-2H3. The molecule has 0 bridgehead atoms. The van der Waals surface area contributed by atoms with Crippen LogP contribution in [0.5, 0.6) is 0 Å². The van der Waals surface area contributed by atoms with E-state index in [0.29, 0.717) is 6.10 Å². The second-order valence-electron chi connectivity index (χ2n) is 5.73. The first-order chi connectivity index (χ1) is 9.28. The Labute approximate surface area is 120 Å². The summed E-state index contributed by atoms with van der Waals surface area (Å²) in [4.78, 5) is 4.88. The molecule has 0 radical (unpaired) electrons. The molecule has 0 saturated carbocycles. The van der Waals surface area contributed by atoms with E-state index in [4.69, 9.17) is 4.74 Å². The molecule has 0 N–H and O–H groups in total. The summed E-state index contributed by atoms with van der Waals surface area (Å²) in [6.07, 6.45) is 5.97. The smallest absolute Gasteiger partial charge is 0.0828 e. The average molecular weight is 270 g/mol. The Balaban J connectivity index is 0.000000861. The molecule has 0 aliphatic carbocycles. The molecule has 2 rings (SSSR count). The minimum atomic E-state index is 0.530. The summed E-state index contributed by atoms with van der Waals surface area (Å²) in [6.45, 7) is 13.4. The van der Waals surface area contributed by atoms with Crippen molar-refractivity contribution >= 4 is 0 Å². The zero-order chi connectivity index (χ0) is 14.1. The predicted octanol–water partition coefficient (Wildman–Crippen LogP) is 2.86. The van der Waals surface area contributed by atoms with Crippen LogP contribution < -0.4 is 0 Å². The van der Waals surface area contributed by atoms with Crippen molar-refractivity contribution < 1.29 is 4.74 Å². The molecule has 2 aliphatic rings. The van der Waals surface area contributed by atoms with Crippen molar-refractivity contribution in [2.45, 2.75) is 52.6 Å². The first kappa shape index (κ1) is 16.9. The van der Waals surface area contributed by atoms with Gasteiger partial charge >= 0.3 is 0 Å². The van der Waals surface area contributed by atoms with E-state index in [-0.39, 0.29) is 0 Å². The Morgan fingerprint density at radius 2 is 1.74 bits per heavy atom. The minimum Gasteiger partial charge on any atom is -0.376 e. The van der Waals surface area contributed by atoms with E-state index in [9.17, 15) is 0 Å². The quantitative estimate of drug-likeness (QED) is 0.690. The molecular formula is C16H34N2O. The lowest BCUT2D eigenvalue weighted by Crippen LogP contribution is -2.49. The Kier molecular flexibility index (Phi) is 8.67. The molecule has 0 aromatic carbocycles. The van der Waals surface area contributed by atoms with E-state index >= 15 is 0 Å². The Morgan fingerprint density at radius 3 is 2.26 bits per heavy atom. The second kappa shape index (κ2) is 9.73. The van der Waals surface area contributed by atoms with Gasteiger partial charge in [-0.15, -0.1) is 0 Å². The molecule has 0 atom stereocenters. The number of likely N-dealkylation sites (tertiary alicyclic amines) is 2. The molecule has 0 amide bonds. The lowest BCUT2D eigenvalue weighted by Gasteiger charge is -2.36. The largest absolute Gasteiger partial charge is 0.376 e. The number of rotatable bonds is 6. The predicted molar refractivity (Wildman–Crippen MR) is 82.7 cm³/mol. The van der Waals surface area contributed by atoms with Gasteiger partial charge in [-0.25, -0.2) is 0 Å². The lowest BCUT2D eigenvalue weighted by atomic mass is 9.92. The van der Waals surface area contributed by atoms with Crippen LogP contribution in [0.25, 0.3) is 0 Å². The molecule has 0 aromatic heterocycles. The fraction of sp³-hybridized carbons (Fsp3) is 1.00. The van der Waals surface area contributed by atoms with Crippen LogP contribution in [-0.4, -0.2) is 62.3 Å². The van der Waals surface area contributed by atoms with Gasteiger partial charge in [0.05, 0.1) is 6.10 Å². The Morgan fingerprint density at radius 1 is 1.11 bits per heavy atom. The van der Waals surface area contributed by atoms with E-state index in [1.165, 1.54) is 45.3 Å². The van der Waals surface area contributed by atoms with Gasteiger partial charge in [0.1, 0.15) is 0 Å². The van der Waals surface area contributed by atoms with E-state index < -0.39 is 0 Å². The van der Waals surface area contributed by atoms with E-state index in [1.807, 2.05) is 13.8 Å². The van der Waals surface area contributed by atoms with Crippen LogP contribution >= 0.6 is 0 Å². The topological polar surface area (TPSA) is 15.7 Å². The third kappa shape index (κ3) is 6.24. The molecule has 0 aromatic rings. The summed E-state index contributed by atoms with van der Waals surface area (Å²) in [5.74, 6) is 0.963. The van der Waals surface area contributed by atoms with Crippen LogP contribution in [0.2, 0.25) is 0 Å². The molecule has 2 saturated heterocycles. The first-order valence-electron chi connectivity index (χ1n) is 8.30. The van der Waals surface area contributed by atoms with Crippen molar-refractivity contribution in [3.8, 4) is 0 Å². The maximum Gasteiger partial charge on any atom is 0.0828 e. The molecule has 0 spiro atoms. The highest BCUT2D eigenvalue weighted by molar-refractivity contribution is 4.77. The van der Waals surface area contributed by atoms with Crippen molar-refractivity contribution in [3.63, 3.8) is 0 Å². The summed E-state index contributed by atoms with van der Waals surface area (Å²) < 4.78 is 5.83. The fourth-order valence-corrected chi connectivity index (χ4v) is 2.96. The molecule has 0 unspecified atom stereocenters. The van der Waals surface area contributed by atoms with Crippen molar-refractivity contribution in [1.82, 2.24) is 9.80 Å². The first-order valence-corrected chi connectivity index (χ1v) is 8.30. The summed E-state index contributed by atoms with van der Waals surface area (Å²) in [7, 11) is 2.15. The van der Waals surface area contributed by atoms with Gasteiger partial charge in [-0.2, -0.15) is 0 Å². The van der Waals surface area contributed by atoms with Gasteiger partial charge in [-0.1, -0.05) is 20.8 Å². The molecular weight excluding hydrogens is 236 g/mol. The number of piperidine rings is 1. The van der Waals surface area contributed by atoms with E-state index in [0.717, 1.165) is 25.6 Å². The highest BCUT2D eigenvalue weighted by Crippen LogP contribution is 2.21. The van der Waals surface area contributed by atoms with Crippen LogP contribution in [0.4, 0.5) is 0 Å². The Bertz CT molecular complexity index is 209. The third-order valence-corrected chi connectivity index (χ3v) is 4.30. The van der Waals surface area contributed by atoms with E-state index in [2.05, 4.69) is 23.8 Å². The summed E-state index contributed by atoms with van der Waals surface area (Å²) in [5.41, 5.74) is 0. The van der Waals surface area contributed by atoms with E-state index in [1.54, 1.807) is 0 Å². The van der Waals surface area contributed by atoms with Crippen LogP contribution in [0.15, 0.2) is 0 Å². The highest BCUT2D eigenvalue weighted by Gasteiger charge is 2.23. The van der Waals surface area contributed by atoms with Gasteiger partial charge in [-0.3, -0.25) is 0 Å². The molecule has 114 valence electrons. The average Bonchev–Trinajstić information content (AvgIpc) is 2.44. The normalized spacial score (nSPS) is 22.7. The minimum absolute atomic E-state index is 0.530. The molecule has 3 nitrogen and oxygen atoms in total. The summed E-state index contributed by atoms with van der Waals surface area (Å²) >= 11 is 0. The van der Waals surface area contributed by atoms with Gasteiger partial charge in [-0.05, 0) is 58.3 Å². The molecule has 3 heteroatoms. The number of likely N-dealkylation sites (N-methyl/N-ethyl adjacent to an activating group) is 1. The van der Waals surface area contributed by atoms with Crippen molar-refractivity contribution in [2.24, 2.45) is 5.92 Å². The van der Waals surface area contributed by atoms with Crippen LogP contribution in [-0.2, 0) is 4.74 Å². The number of hydrogen-bond donors (Lipinski definition) is 0. The molecule has 2 heterocycles. The van der Waals surface area contributed by atoms with Crippen molar-refractivity contribution in [2.75, 3.05) is 46.4 Å². The monoisotopic (exact) mass is 270 g/mol.